The van der Waals surface area contributed by atoms with Gasteiger partial charge in [-0.15, -0.1) is 0 Å². The normalized spacial score (nSPS) is 18.0. The maximum Gasteiger partial charge on any atom is 0.101 e. The van der Waals surface area contributed by atoms with Gasteiger partial charge in [0.25, 0.3) is 0 Å². The fraction of sp³-hybridized carbons (Fsp3) is 0.556. The number of rotatable bonds is 8. The molecule has 0 amide bonds. The predicted molar refractivity (Wildman–Crippen MR) is 86.1 cm³/mol. The third kappa shape index (κ3) is 4.03. The second kappa shape index (κ2) is 7.98. The standard InChI is InChI=1S/C18H28N2/c1-3-5-12-18-19(13-6-4-2)14-15-20(18)16-17-10-8-7-9-11-17/h7-11,14-15,18H,3-6,12-13,16H2,1-2H3. The lowest BCUT2D eigenvalue weighted by Gasteiger charge is -2.33. The minimum Gasteiger partial charge on any atom is -0.356 e. The molecule has 1 aromatic rings. The summed E-state index contributed by atoms with van der Waals surface area (Å²) < 4.78 is 0. The van der Waals surface area contributed by atoms with Gasteiger partial charge in [-0.1, -0.05) is 57.0 Å². The number of nitrogens with zero attached hydrogens (tertiary/aromatic N) is 2. The van der Waals surface area contributed by atoms with Crippen LogP contribution in [0.25, 0.3) is 0 Å². The Kier molecular flexibility index (Phi) is 5.97. The molecule has 0 bridgehead atoms. The van der Waals surface area contributed by atoms with E-state index in [9.17, 15) is 0 Å². The van der Waals surface area contributed by atoms with Crippen molar-refractivity contribution >= 4 is 0 Å². The van der Waals surface area contributed by atoms with Crippen molar-refractivity contribution in [3.63, 3.8) is 0 Å². The molecule has 0 aliphatic carbocycles. The van der Waals surface area contributed by atoms with Crippen molar-refractivity contribution in [1.82, 2.24) is 9.80 Å². The van der Waals surface area contributed by atoms with Gasteiger partial charge in [0.15, 0.2) is 0 Å². The minimum atomic E-state index is 0.557. The van der Waals surface area contributed by atoms with E-state index in [0.29, 0.717) is 6.17 Å². The zero-order valence-corrected chi connectivity index (χ0v) is 13.0. The van der Waals surface area contributed by atoms with Crippen molar-refractivity contribution in [1.29, 1.82) is 0 Å². The van der Waals surface area contributed by atoms with Crippen LogP contribution in [-0.4, -0.2) is 22.5 Å². The average Bonchev–Trinajstić information content (AvgIpc) is 2.86. The molecule has 1 aromatic carbocycles. The first kappa shape index (κ1) is 15.0. The first-order valence-corrected chi connectivity index (χ1v) is 8.09. The van der Waals surface area contributed by atoms with Crippen LogP contribution in [0.1, 0.15) is 51.5 Å². The van der Waals surface area contributed by atoms with Crippen LogP contribution in [0.2, 0.25) is 0 Å². The smallest absolute Gasteiger partial charge is 0.101 e. The molecule has 0 spiro atoms. The van der Waals surface area contributed by atoms with E-state index in [-0.39, 0.29) is 0 Å². The number of unbranched alkanes of at least 4 members (excludes halogenated alkanes) is 2. The highest BCUT2D eigenvalue weighted by molar-refractivity contribution is 5.15. The SMILES string of the molecule is CCCCC1N(CCCC)C=CN1Cc1ccccc1. The highest BCUT2D eigenvalue weighted by atomic mass is 15.4. The van der Waals surface area contributed by atoms with E-state index < -0.39 is 0 Å². The van der Waals surface area contributed by atoms with Gasteiger partial charge in [0.2, 0.25) is 0 Å². The summed E-state index contributed by atoms with van der Waals surface area (Å²) in [5, 5.41) is 0. The summed E-state index contributed by atoms with van der Waals surface area (Å²) in [6.07, 6.45) is 11.5. The molecule has 0 saturated heterocycles. The first-order valence-electron chi connectivity index (χ1n) is 8.09. The number of hydrogen-bond acceptors (Lipinski definition) is 2. The Morgan fingerprint density at radius 3 is 2.30 bits per heavy atom. The third-order valence-electron chi connectivity index (χ3n) is 4.01. The van der Waals surface area contributed by atoms with Crippen LogP contribution in [0.4, 0.5) is 0 Å². The summed E-state index contributed by atoms with van der Waals surface area (Å²) in [5.74, 6) is 0. The second-order valence-corrected chi connectivity index (χ2v) is 5.67. The van der Waals surface area contributed by atoms with Gasteiger partial charge < -0.3 is 9.80 Å². The quantitative estimate of drug-likeness (QED) is 0.683. The van der Waals surface area contributed by atoms with Crippen LogP contribution in [-0.2, 0) is 6.54 Å². The summed E-state index contributed by atoms with van der Waals surface area (Å²) in [6, 6.07) is 10.8. The Bertz CT molecular complexity index is 399. The summed E-state index contributed by atoms with van der Waals surface area (Å²) in [4.78, 5) is 5.03. The zero-order valence-electron chi connectivity index (χ0n) is 13.0. The molecule has 2 rings (SSSR count). The maximum atomic E-state index is 2.53. The van der Waals surface area contributed by atoms with Crippen molar-refractivity contribution in [3.8, 4) is 0 Å². The van der Waals surface area contributed by atoms with E-state index in [0.717, 1.165) is 6.54 Å². The molecule has 1 aliphatic rings. The van der Waals surface area contributed by atoms with Crippen molar-refractivity contribution in [2.75, 3.05) is 6.54 Å². The molecule has 110 valence electrons. The van der Waals surface area contributed by atoms with Crippen molar-refractivity contribution in [2.45, 2.75) is 58.7 Å². The lowest BCUT2D eigenvalue weighted by atomic mass is 10.1. The first-order chi connectivity index (χ1) is 9.85. The maximum absolute atomic E-state index is 2.53. The van der Waals surface area contributed by atoms with E-state index in [2.05, 4.69) is 66.4 Å². The molecule has 2 heteroatoms. The lowest BCUT2D eigenvalue weighted by Crippen LogP contribution is -2.38. The fourth-order valence-corrected chi connectivity index (χ4v) is 2.80. The molecule has 0 N–H and O–H groups in total. The Balaban J connectivity index is 1.97. The van der Waals surface area contributed by atoms with Gasteiger partial charge in [-0.2, -0.15) is 0 Å². The summed E-state index contributed by atoms with van der Waals surface area (Å²) >= 11 is 0. The summed E-state index contributed by atoms with van der Waals surface area (Å²) in [6.45, 7) is 6.75. The topological polar surface area (TPSA) is 6.48 Å². The van der Waals surface area contributed by atoms with Gasteiger partial charge in [0.1, 0.15) is 6.17 Å². The van der Waals surface area contributed by atoms with E-state index in [4.69, 9.17) is 0 Å². The van der Waals surface area contributed by atoms with E-state index in [1.807, 2.05) is 0 Å². The minimum absolute atomic E-state index is 0.557. The average molecular weight is 272 g/mol. The molecule has 0 fully saturated rings. The van der Waals surface area contributed by atoms with Crippen molar-refractivity contribution in [2.24, 2.45) is 0 Å². The zero-order chi connectivity index (χ0) is 14.2. The monoisotopic (exact) mass is 272 g/mol. The molecular formula is C18H28N2. The Morgan fingerprint density at radius 2 is 1.60 bits per heavy atom. The Hall–Kier alpha value is -1.44. The van der Waals surface area contributed by atoms with Gasteiger partial charge in [-0.05, 0) is 24.8 Å². The third-order valence-corrected chi connectivity index (χ3v) is 4.01. The highest BCUT2D eigenvalue weighted by Crippen LogP contribution is 2.23. The van der Waals surface area contributed by atoms with Gasteiger partial charge in [-0.25, -0.2) is 0 Å². The van der Waals surface area contributed by atoms with Gasteiger partial charge in [-0.3, -0.25) is 0 Å². The molecule has 0 aromatic heterocycles. The Labute approximate surface area is 124 Å². The molecule has 20 heavy (non-hydrogen) atoms. The van der Waals surface area contributed by atoms with E-state index >= 15 is 0 Å². The van der Waals surface area contributed by atoms with Gasteiger partial charge in [0, 0.05) is 25.5 Å². The molecule has 1 unspecified atom stereocenters. The van der Waals surface area contributed by atoms with Crippen LogP contribution >= 0.6 is 0 Å². The fourth-order valence-electron chi connectivity index (χ4n) is 2.80. The van der Waals surface area contributed by atoms with E-state index in [1.54, 1.807) is 0 Å². The molecule has 0 saturated carbocycles. The molecule has 1 heterocycles. The molecule has 1 aliphatic heterocycles. The number of hydrogen-bond donors (Lipinski definition) is 0. The molecular weight excluding hydrogens is 244 g/mol. The summed E-state index contributed by atoms with van der Waals surface area (Å²) in [7, 11) is 0. The second-order valence-electron chi connectivity index (χ2n) is 5.67. The lowest BCUT2D eigenvalue weighted by molar-refractivity contribution is 0.133. The molecule has 1 atom stereocenters. The van der Waals surface area contributed by atoms with Crippen LogP contribution in [0, 0.1) is 0 Å². The van der Waals surface area contributed by atoms with Crippen LogP contribution < -0.4 is 0 Å². The number of benzene rings is 1. The molecule has 2 nitrogen and oxygen atoms in total. The molecule has 0 radical (unpaired) electrons. The van der Waals surface area contributed by atoms with Crippen molar-refractivity contribution in [3.05, 3.63) is 48.3 Å². The highest BCUT2D eigenvalue weighted by Gasteiger charge is 2.24. The predicted octanol–water partition coefficient (Wildman–Crippen LogP) is 4.59. The van der Waals surface area contributed by atoms with Gasteiger partial charge >= 0.3 is 0 Å². The van der Waals surface area contributed by atoms with Crippen LogP contribution in [0.5, 0.6) is 0 Å². The van der Waals surface area contributed by atoms with Gasteiger partial charge in [0.05, 0.1) is 0 Å². The van der Waals surface area contributed by atoms with Crippen molar-refractivity contribution < 1.29 is 0 Å². The Morgan fingerprint density at radius 1 is 0.900 bits per heavy atom. The van der Waals surface area contributed by atoms with E-state index in [1.165, 1.54) is 44.2 Å². The largest absolute Gasteiger partial charge is 0.356 e. The summed E-state index contributed by atoms with van der Waals surface area (Å²) in [5.41, 5.74) is 1.40. The van der Waals surface area contributed by atoms with Crippen LogP contribution in [0.3, 0.4) is 0 Å². The van der Waals surface area contributed by atoms with Crippen LogP contribution in [0.15, 0.2) is 42.7 Å².